The van der Waals surface area contributed by atoms with E-state index >= 15 is 0 Å². The topological polar surface area (TPSA) is 17.1 Å². The molecule has 2 rings (SSSR count). The van der Waals surface area contributed by atoms with E-state index in [1.807, 2.05) is 32.0 Å². The Morgan fingerprint density at radius 2 is 1.84 bits per heavy atom. The van der Waals surface area contributed by atoms with Crippen LogP contribution in [0.4, 0.5) is 4.39 Å². The van der Waals surface area contributed by atoms with Gasteiger partial charge in [0, 0.05) is 12.0 Å². The lowest BCUT2D eigenvalue weighted by Gasteiger charge is -2.05. The number of halogens is 2. The van der Waals surface area contributed by atoms with E-state index in [2.05, 4.69) is 0 Å². The highest BCUT2D eigenvalue weighted by Crippen LogP contribution is 2.18. The molecular weight excluding hydrogens is 263 g/mol. The number of hydrogen-bond acceptors (Lipinski definition) is 1. The van der Waals surface area contributed by atoms with Gasteiger partial charge in [-0.2, -0.15) is 0 Å². The fourth-order valence-corrected chi connectivity index (χ4v) is 2.06. The fraction of sp³-hybridized carbons (Fsp3) is 0.188. The standard InChI is InChI=1S/C16H14ClFO/c1-10-3-5-13(7-11(10)2)16(19)9-12-4-6-15(18)14(17)8-12/h3-8H,9H2,1-2H3. The maximum Gasteiger partial charge on any atom is 0.167 e. The number of carbonyl (C=O) groups excluding carboxylic acids is 1. The predicted octanol–water partition coefficient (Wildman–Crippen LogP) is 4.52. The minimum atomic E-state index is -0.468. The first-order valence-corrected chi connectivity index (χ1v) is 6.39. The smallest absolute Gasteiger partial charge is 0.167 e. The van der Waals surface area contributed by atoms with E-state index in [1.54, 1.807) is 6.07 Å². The van der Waals surface area contributed by atoms with Crippen LogP contribution in [-0.4, -0.2) is 5.78 Å². The van der Waals surface area contributed by atoms with E-state index in [-0.39, 0.29) is 17.2 Å². The first kappa shape index (κ1) is 13.8. The molecule has 0 bridgehead atoms. The minimum absolute atomic E-state index is 0.00535. The van der Waals surface area contributed by atoms with E-state index in [0.29, 0.717) is 5.56 Å². The summed E-state index contributed by atoms with van der Waals surface area (Å²) in [6, 6.07) is 9.99. The van der Waals surface area contributed by atoms with E-state index in [1.165, 1.54) is 12.1 Å². The molecular formula is C16H14ClFO. The maximum atomic E-state index is 13.0. The van der Waals surface area contributed by atoms with Crippen molar-refractivity contribution < 1.29 is 9.18 Å². The van der Waals surface area contributed by atoms with Crippen molar-refractivity contribution in [2.45, 2.75) is 20.3 Å². The van der Waals surface area contributed by atoms with Gasteiger partial charge in [-0.3, -0.25) is 4.79 Å². The minimum Gasteiger partial charge on any atom is -0.294 e. The molecule has 0 aliphatic carbocycles. The van der Waals surface area contributed by atoms with Crippen molar-refractivity contribution in [3.63, 3.8) is 0 Å². The summed E-state index contributed by atoms with van der Waals surface area (Å²) in [4.78, 5) is 12.1. The molecule has 0 saturated heterocycles. The van der Waals surface area contributed by atoms with Crippen molar-refractivity contribution in [2.24, 2.45) is 0 Å². The Kier molecular flexibility index (Phi) is 4.01. The van der Waals surface area contributed by atoms with E-state index in [9.17, 15) is 9.18 Å². The van der Waals surface area contributed by atoms with Gasteiger partial charge in [-0.25, -0.2) is 4.39 Å². The summed E-state index contributed by atoms with van der Waals surface area (Å²) in [7, 11) is 0. The summed E-state index contributed by atoms with van der Waals surface area (Å²) in [5, 5.41) is 0.0467. The van der Waals surface area contributed by atoms with Gasteiger partial charge in [-0.15, -0.1) is 0 Å². The Morgan fingerprint density at radius 1 is 1.11 bits per heavy atom. The van der Waals surface area contributed by atoms with Crippen LogP contribution in [0.1, 0.15) is 27.0 Å². The fourth-order valence-electron chi connectivity index (χ4n) is 1.85. The Balaban J connectivity index is 2.20. The summed E-state index contributed by atoms with van der Waals surface area (Å²) in [6.07, 6.45) is 0.225. The van der Waals surface area contributed by atoms with Gasteiger partial charge in [0.25, 0.3) is 0 Å². The number of Topliss-reactive ketones (excluding diaryl/α,β-unsaturated/α-hetero) is 1. The van der Waals surface area contributed by atoms with Crippen molar-refractivity contribution >= 4 is 17.4 Å². The third-order valence-electron chi connectivity index (χ3n) is 3.18. The largest absolute Gasteiger partial charge is 0.294 e. The summed E-state index contributed by atoms with van der Waals surface area (Å²) in [6.45, 7) is 3.98. The van der Waals surface area contributed by atoms with Crippen LogP contribution in [0.2, 0.25) is 5.02 Å². The molecule has 0 aromatic heterocycles. The van der Waals surface area contributed by atoms with Gasteiger partial charge in [-0.1, -0.05) is 29.8 Å². The highest BCUT2D eigenvalue weighted by molar-refractivity contribution is 6.30. The van der Waals surface area contributed by atoms with Crippen LogP contribution in [0, 0.1) is 19.7 Å². The van der Waals surface area contributed by atoms with Crippen LogP contribution in [0.5, 0.6) is 0 Å². The second-order valence-electron chi connectivity index (χ2n) is 4.65. The Hall–Kier alpha value is -1.67. The Morgan fingerprint density at radius 3 is 2.47 bits per heavy atom. The van der Waals surface area contributed by atoms with Crippen LogP contribution in [0.25, 0.3) is 0 Å². The number of benzene rings is 2. The molecule has 19 heavy (non-hydrogen) atoms. The van der Waals surface area contributed by atoms with Crippen molar-refractivity contribution in [1.82, 2.24) is 0 Å². The second-order valence-corrected chi connectivity index (χ2v) is 5.05. The molecule has 0 spiro atoms. The van der Waals surface area contributed by atoms with Gasteiger partial charge in [0.15, 0.2) is 5.78 Å². The van der Waals surface area contributed by atoms with Crippen molar-refractivity contribution in [3.05, 3.63) is 69.5 Å². The summed E-state index contributed by atoms with van der Waals surface area (Å²) >= 11 is 5.70. The van der Waals surface area contributed by atoms with E-state index < -0.39 is 5.82 Å². The molecule has 0 heterocycles. The van der Waals surface area contributed by atoms with Crippen LogP contribution in [0.3, 0.4) is 0 Å². The molecule has 0 atom stereocenters. The molecule has 98 valence electrons. The maximum absolute atomic E-state index is 13.0. The van der Waals surface area contributed by atoms with Crippen LogP contribution >= 0.6 is 11.6 Å². The van der Waals surface area contributed by atoms with E-state index in [4.69, 9.17) is 11.6 Å². The lowest BCUT2D eigenvalue weighted by atomic mass is 9.99. The summed E-state index contributed by atoms with van der Waals surface area (Å²) < 4.78 is 13.0. The van der Waals surface area contributed by atoms with Gasteiger partial charge < -0.3 is 0 Å². The molecule has 0 fully saturated rings. The number of rotatable bonds is 3. The molecule has 3 heteroatoms. The van der Waals surface area contributed by atoms with Crippen LogP contribution < -0.4 is 0 Å². The number of aryl methyl sites for hydroxylation is 2. The normalized spacial score (nSPS) is 10.5. The van der Waals surface area contributed by atoms with Crippen LogP contribution in [-0.2, 0) is 6.42 Å². The first-order chi connectivity index (χ1) is 8.97. The Bertz CT molecular complexity index is 635. The summed E-state index contributed by atoms with van der Waals surface area (Å²) in [5.41, 5.74) is 3.63. The molecule has 0 unspecified atom stereocenters. The monoisotopic (exact) mass is 276 g/mol. The first-order valence-electron chi connectivity index (χ1n) is 6.02. The summed E-state index contributed by atoms with van der Waals surface area (Å²) in [5.74, 6) is -0.463. The third-order valence-corrected chi connectivity index (χ3v) is 3.47. The van der Waals surface area contributed by atoms with Gasteiger partial charge in [0.1, 0.15) is 5.82 Å². The Labute approximate surface area is 117 Å². The predicted molar refractivity (Wildman–Crippen MR) is 75.4 cm³/mol. The molecule has 0 saturated carbocycles. The number of carbonyl (C=O) groups is 1. The molecule has 0 radical (unpaired) electrons. The average Bonchev–Trinajstić information content (AvgIpc) is 2.37. The molecule has 2 aromatic carbocycles. The molecule has 0 aliphatic heterocycles. The lowest BCUT2D eigenvalue weighted by Crippen LogP contribution is -2.04. The van der Waals surface area contributed by atoms with E-state index in [0.717, 1.165) is 16.7 Å². The zero-order valence-electron chi connectivity index (χ0n) is 10.8. The van der Waals surface area contributed by atoms with Gasteiger partial charge >= 0.3 is 0 Å². The lowest BCUT2D eigenvalue weighted by molar-refractivity contribution is 0.0993. The van der Waals surface area contributed by atoms with Gasteiger partial charge in [0.05, 0.1) is 5.02 Å². The van der Waals surface area contributed by atoms with Crippen molar-refractivity contribution in [1.29, 1.82) is 0 Å². The highest BCUT2D eigenvalue weighted by Gasteiger charge is 2.09. The zero-order chi connectivity index (χ0) is 14.0. The zero-order valence-corrected chi connectivity index (χ0v) is 11.6. The van der Waals surface area contributed by atoms with Gasteiger partial charge in [0.2, 0.25) is 0 Å². The molecule has 2 aromatic rings. The molecule has 1 nitrogen and oxygen atoms in total. The molecule has 0 aliphatic rings. The SMILES string of the molecule is Cc1ccc(C(=O)Cc2ccc(F)c(Cl)c2)cc1C. The third kappa shape index (κ3) is 3.21. The second kappa shape index (κ2) is 5.54. The molecule has 0 N–H and O–H groups in total. The highest BCUT2D eigenvalue weighted by atomic mass is 35.5. The van der Waals surface area contributed by atoms with Gasteiger partial charge in [-0.05, 0) is 48.7 Å². The number of ketones is 1. The molecule has 0 amide bonds. The van der Waals surface area contributed by atoms with Crippen molar-refractivity contribution in [3.8, 4) is 0 Å². The van der Waals surface area contributed by atoms with Crippen molar-refractivity contribution in [2.75, 3.05) is 0 Å². The number of hydrogen-bond donors (Lipinski definition) is 0. The van der Waals surface area contributed by atoms with Crippen LogP contribution in [0.15, 0.2) is 36.4 Å². The quantitative estimate of drug-likeness (QED) is 0.753. The average molecular weight is 277 g/mol.